The molecular formula is C25H36N4O3. The second-order valence-electron chi connectivity index (χ2n) is 8.96. The van der Waals surface area contributed by atoms with Crippen LogP contribution < -0.4 is 4.74 Å². The first kappa shape index (κ1) is 22.8. The van der Waals surface area contributed by atoms with E-state index in [1.807, 2.05) is 17.0 Å². The normalized spacial score (nSPS) is 20.2. The SMILES string of the molecule is COCCOc1ccc(CN2CCC[C@H](c3[nH]ncc3C(=O)N3CCCCCC3)C2)cc1. The summed E-state index contributed by atoms with van der Waals surface area (Å²) in [7, 11) is 1.68. The highest BCUT2D eigenvalue weighted by Crippen LogP contribution is 2.30. The molecule has 1 aromatic carbocycles. The first-order valence-corrected chi connectivity index (χ1v) is 12.0. The lowest BCUT2D eigenvalue weighted by Gasteiger charge is -2.33. The number of likely N-dealkylation sites (tertiary alicyclic amines) is 2. The minimum atomic E-state index is 0.150. The van der Waals surface area contributed by atoms with Crippen LogP contribution in [-0.2, 0) is 11.3 Å². The molecule has 2 saturated heterocycles. The third kappa shape index (κ3) is 5.90. The van der Waals surface area contributed by atoms with Crippen molar-refractivity contribution in [1.82, 2.24) is 20.0 Å². The Hall–Kier alpha value is -2.38. The number of rotatable bonds is 8. The third-order valence-electron chi connectivity index (χ3n) is 6.59. The van der Waals surface area contributed by atoms with Gasteiger partial charge in [-0.15, -0.1) is 0 Å². The largest absolute Gasteiger partial charge is 0.491 e. The van der Waals surface area contributed by atoms with Gasteiger partial charge in [0.2, 0.25) is 0 Å². The molecule has 0 spiro atoms. The highest BCUT2D eigenvalue weighted by molar-refractivity contribution is 5.95. The molecule has 4 rings (SSSR count). The first-order valence-electron chi connectivity index (χ1n) is 12.0. The van der Waals surface area contributed by atoms with Crippen LogP contribution in [0.5, 0.6) is 5.75 Å². The highest BCUT2D eigenvalue weighted by Gasteiger charge is 2.29. The fourth-order valence-corrected chi connectivity index (χ4v) is 4.85. The molecule has 2 fully saturated rings. The summed E-state index contributed by atoms with van der Waals surface area (Å²) in [5.74, 6) is 1.34. The van der Waals surface area contributed by atoms with Crippen LogP contribution in [0.2, 0.25) is 0 Å². The third-order valence-corrected chi connectivity index (χ3v) is 6.59. The zero-order valence-corrected chi connectivity index (χ0v) is 19.2. The summed E-state index contributed by atoms with van der Waals surface area (Å²) in [4.78, 5) is 17.7. The van der Waals surface area contributed by atoms with Crippen LogP contribution in [0.1, 0.15) is 66.1 Å². The standard InChI is InChI=1S/C25H36N4O3/c1-31-15-16-32-22-10-8-20(9-11-22)18-28-12-6-7-21(19-28)24-23(17-26-27-24)25(30)29-13-4-2-3-5-14-29/h8-11,17,21H,2-7,12-16,18-19H2,1H3,(H,26,27)/t21-/m0/s1. The van der Waals surface area contributed by atoms with E-state index in [2.05, 4.69) is 27.2 Å². The predicted octanol–water partition coefficient (Wildman–Crippen LogP) is 3.83. The Morgan fingerprint density at radius 3 is 2.59 bits per heavy atom. The van der Waals surface area contributed by atoms with Crippen molar-refractivity contribution < 1.29 is 14.3 Å². The quantitative estimate of drug-likeness (QED) is 0.632. The molecule has 7 nitrogen and oxygen atoms in total. The molecule has 2 aliphatic heterocycles. The lowest BCUT2D eigenvalue weighted by atomic mass is 9.92. The molecule has 2 aromatic rings. The second-order valence-corrected chi connectivity index (χ2v) is 8.96. The molecule has 1 amide bonds. The Kier molecular flexibility index (Phi) is 8.18. The number of amides is 1. The minimum absolute atomic E-state index is 0.150. The lowest BCUT2D eigenvalue weighted by Crippen LogP contribution is -2.36. The van der Waals surface area contributed by atoms with E-state index in [4.69, 9.17) is 9.47 Å². The van der Waals surface area contributed by atoms with Gasteiger partial charge in [0.15, 0.2) is 0 Å². The fourth-order valence-electron chi connectivity index (χ4n) is 4.85. The summed E-state index contributed by atoms with van der Waals surface area (Å²) in [5.41, 5.74) is 3.07. The van der Waals surface area contributed by atoms with Gasteiger partial charge < -0.3 is 14.4 Å². The van der Waals surface area contributed by atoms with Crippen LogP contribution in [-0.4, -0.2) is 72.4 Å². The van der Waals surface area contributed by atoms with Crippen LogP contribution >= 0.6 is 0 Å². The van der Waals surface area contributed by atoms with Gasteiger partial charge in [-0.3, -0.25) is 14.8 Å². The fraction of sp³-hybridized carbons (Fsp3) is 0.600. The molecule has 32 heavy (non-hydrogen) atoms. The molecule has 2 aliphatic rings. The van der Waals surface area contributed by atoms with Gasteiger partial charge >= 0.3 is 0 Å². The van der Waals surface area contributed by atoms with Gasteiger partial charge in [0.25, 0.3) is 5.91 Å². The van der Waals surface area contributed by atoms with E-state index in [-0.39, 0.29) is 5.91 Å². The maximum absolute atomic E-state index is 13.2. The smallest absolute Gasteiger partial charge is 0.257 e. The van der Waals surface area contributed by atoms with Crippen LogP contribution in [0, 0.1) is 0 Å². The predicted molar refractivity (Wildman–Crippen MR) is 124 cm³/mol. The van der Waals surface area contributed by atoms with Crippen LogP contribution in [0.25, 0.3) is 0 Å². The summed E-state index contributed by atoms with van der Waals surface area (Å²) in [6.07, 6.45) is 8.60. The van der Waals surface area contributed by atoms with E-state index in [0.717, 1.165) is 75.4 Å². The molecule has 0 bridgehead atoms. The van der Waals surface area contributed by atoms with Gasteiger partial charge in [0, 0.05) is 39.2 Å². The molecule has 7 heteroatoms. The Labute approximate surface area is 191 Å². The van der Waals surface area contributed by atoms with Crippen LogP contribution in [0.15, 0.2) is 30.5 Å². The Morgan fingerprint density at radius 1 is 1.06 bits per heavy atom. The van der Waals surface area contributed by atoms with Crippen molar-refractivity contribution >= 4 is 5.91 Å². The Balaban J connectivity index is 1.36. The molecule has 0 unspecified atom stereocenters. The average Bonchev–Trinajstić information content (AvgIpc) is 3.15. The van der Waals surface area contributed by atoms with Crippen LogP contribution in [0.4, 0.5) is 0 Å². The monoisotopic (exact) mass is 440 g/mol. The number of carbonyl (C=O) groups excluding carboxylic acids is 1. The molecular weight excluding hydrogens is 404 g/mol. The van der Waals surface area contributed by atoms with E-state index < -0.39 is 0 Å². The summed E-state index contributed by atoms with van der Waals surface area (Å²) in [5, 5.41) is 7.45. The first-order chi connectivity index (χ1) is 15.7. The number of ether oxygens (including phenoxy) is 2. The molecule has 1 N–H and O–H groups in total. The lowest BCUT2D eigenvalue weighted by molar-refractivity contribution is 0.0759. The van der Waals surface area contributed by atoms with Crippen LogP contribution in [0.3, 0.4) is 0 Å². The topological polar surface area (TPSA) is 70.7 Å². The van der Waals surface area contributed by atoms with Gasteiger partial charge in [-0.05, 0) is 49.9 Å². The van der Waals surface area contributed by atoms with E-state index >= 15 is 0 Å². The number of aromatic nitrogens is 2. The average molecular weight is 441 g/mol. The molecule has 0 aliphatic carbocycles. The second kappa shape index (κ2) is 11.5. The summed E-state index contributed by atoms with van der Waals surface area (Å²) >= 11 is 0. The number of aromatic amines is 1. The van der Waals surface area contributed by atoms with Gasteiger partial charge in [-0.1, -0.05) is 25.0 Å². The van der Waals surface area contributed by atoms with Gasteiger partial charge in [-0.25, -0.2) is 0 Å². The molecule has 174 valence electrons. The summed E-state index contributed by atoms with van der Waals surface area (Å²) in [6.45, 7) is 5.80. The van der Waals surface area contributed by atoms with E-state index in [0.29, 0.717) is 19.1 Å². The van der Waals surface area contributed by atoms with Gasteiger partial charge in [0.05, 0.1) is 24.1 Å². The van der Waals surface area contributed by atoms with E-state index in [1.165, 1.54) is 18.4 Å². The molecule has 0 radical (unpaired) electrons. The number of H-pyrrole nitrogens is 1. The molecule has 0 saturated carbocycles. The molecule has 1 atom stereocenters. The zero-order valence-electron chi connectivity index (χ0n) is 19.2. The number of piperidine rings is 1. The number of nitrogens with one attached hydrogen (secondary N) is 1. The van der Waals surface area contributed by atoms with Crippen molar-refractivity contribution in [3.8, 4) is 5.75 Å². The number of nitrogens with zero attached hydrogens (tertiary/aromatic N) is 3. The minimum Gasteiger partial charge on any atom is -0.491 e. The van der Waals surface area contributed by atoms with Gasteiger partial charge in [-0.2, -0.15) is 5.10 Å². The number of carbonyl (C=O) groups is 1. The zero-order chi connectivity index (χ0) is 22.2. The van der Waals surface area contributed by atoms with Crippen molar-refractivity contribution in [3.63, 3.8) is 0 Å². The van der Waals surface area contributed by atoms with Crippen molar-refractivity contribution in [2.45, 2.75) is 51.0 Å². The maximum Gasteiger partial charge on any atom is 0.257 e. The summed E-state index contributed by atoms with van der Waals surface area (Å²) in [6, 6.07) is 8.32. The van der Waals surface area contributed by atoms with E-state index in [9.17, 15) is 4.79 Å². The summed E-state index contributed by atoms with van der Waals surface area (Å²) < 4.78 is 10.7. The van der Waals surface area contributed by atoms with Crippen molar-refractivity contribution in [2.75, 3.05) is 46.5 Å². The highest BCUT2D eigenvalue weighted by atomic mass is 16.5. The number of methoxy groups -OCH3 is 1. The van der Waals surface area contributed by atoms with Crippen molar-refractivity contribution in [2.24, 2.45) is 0 Å². The number of hydrogen-bond acceptors (Lipinski definition) is 5. The number of benzene rings is 1. The molecule has 1 aromatic heterocycles. The van der Waals surface area contributed by atoms with E-state index in [1.54, 1.807) is 13.3 Å². The number of hydrogen-bond donors (Lipinski definition) is 1. The Morgan fingerprint density at radius 2 is 1.84 bits per heavy atom. The Bertz CT molecular complexity index is 843. The molecule has 3 heterocycles. The van der Waals surface area contributed by atoms with Gasteiger partial charge in [0.1, 0.15) is 12.4 Å². The van der Waals surface area contributed by atoms with Crippen molar-refractivity contribution in [3.05, 3.63) is 47.3 Å². The maximum atomic E-state index is 13.2. The van der Waals surface area contributed by atoms with Crippen molar-refractivity contribution in [1.29, 1.82) is 0 Å².